The number of halogens is 2. The number of anilines is 1. The van der Waals surface area contributed by atoms with Gasteiger partial charge in [0.1, 0.15) is 11.6 Å². The highest BCUT2D eigenvalue weighted by atomic mass is 79.9. The summed E-state index contributed by atoms with van der Waals surface area (Å²) in [5.41, 5.74) is 1.49. The number of nitrogens with one attached hydrogen (secondary N) is 1. The van der Waals surface area contributed by atoms with E-state index < -0.39 is 0 Å². The van der Waals surface area contributed by atoms with Gasteiger partial charge in [-0.2, -0.15) is 0 Å². The predicted molar refractivity (Wildman–Crippen MR) is 74.0 cm³/mol. The van der Waals surface area contributed by atoms with Crippen LogP contribution in [0.1, 0.15) is 12.6 Å². The quantitative estimate of drug-likeness (QED) is 0.937. The van der Waals surface area contributed by atoms with Crippen molar-refractivity contribution in [2.45, 2.75) is 13.8 Å². The summed E-state index contributed by atoms with van der Waals surface area (Å²) in [6.07, 6.45) is 0. The molecule has 3 nitrogen and oxygen atoms in total. The first kappa shape index (κ1) is 13.0. The highest BCUT2D eigenvalue weighted by Gasteiger charge is 2.10. The Bertz CT molecular complexity index is 572. The lowest BCUT2D eigenvalue weighted by molar-refractivity contribution is 0.628. The molecule has 2 rings (SSSR count). The fourth-order valence-corrected chi connectivity index (χ4v) is 1.92. The Morgan fingerprint density at radius 3 is 2.78 bits per heavy atom. The summed E-state index contributed by atoms with van der Waals surface area (Å²) in [4.78, 5) is 8.76. The summed E-state index contributed by atoms with van der Waals surface area (Å²) in [5.74, 6) is 0.956. The van der Waals surface area contributed by atoms with Gasteiger partial charge in [-0.3, -0.25) is 0 Å². The van der Waals surface area contributed by atoms with Crippen molar-refractivity contribution in [1.29, 1.82) is 0 Å². The van der Waals surface area contributed by atoms with Gasteiger partial charge in [0, 0.05) is 12.1 Å². The van der Waals surface area contributed by atoms with Crippen LogP contribution in [0.4, 0.5) is 10.2 Å². The third-order valence-corrected chi connectivity index (χ3v) is 3.39. The Labute approximate surface area is 114 Å². The zero-order chi connectivity index (χ0) is 13.1. The SMILES string of the molecule is CCNc1nc(-c2cccc(F)c2)nc(C)c1Br. The lowest BCUT2D eigenvalue weighted by atomic mass is 10.2. The van der Waals surface area contributed by atoms with E-state index in [1.54, 1.807) is 12.1 Å². The Morgan fingerprint density at radius 1 is 1.33 bits per heavy atom. The molecule has 5 heteroatoms. The summed E-state index contributed by atoms with van der Waals surface area (Å²) in [6, 6.07) is 6.28. The number of nitrogens with zero attached hydrogens (tertiary/aromatic N) is 2. The van der Waals surface area contributed by atoms with Crippen molar-refractivity contribution in [2.75, 3.05) is 11.9 Å². The second-order valence-electron chi connectivity index (χ2n) is 3.84. The maximum absolute atomic E-state index is 13.2. The van der Waals surface area contributed by atoms with Gasteiger partial charge in [-0.15, -0.1) is 0 Å². The molecule has 0 saturated heterocycles. The Morgan fingerprint density at radius 2 is 2.11 bits per heavy atom. The van der Waals surface area contributed by atoms with Crippen LogP contribution in [-0.4, -0.2) is 16.5 Å². The first-order chi connectivity index (χ1) is 8.61. The summed E-state index contributed by atoms with van der Waals surface area (Å²) in [6.45, 7) is 4.64. The molecule has 0 aliphatic rings. The molecule has 0 aliphatic carbocycles. The van der Waals surface area contributed by atoms with Crippen LogP contribution >= 0.6 is 15.9 Å². The van der Waals surface area contributed by atoms with E-state index in [1.165, 1.54) is 12.1 Å². The number of benzene rings is 1. The lowest BCUT2D eigenvalue weighted by Crippen LogP contribution is -2.04. The molecule has 0 saturated carbocycles. The van der Waals surface area contributed by atoms with Crippen LogP contribution in [0.25, 0.3) is 11.4 Å². The topological polar surface area (TPSA) is 37.8 Å². The Balaban J connectivity index is 2.51. The zero-order valence-corrected chi connectivity index (χ0v) is 11.8. The average molecular weight is 310 g/mol. The molecular formula is C13H13BrFN3. The van der Waals surface area contributed by atoms with Gasteiger partial charge in [-0.1, -0.05) is 12.1 Å². The highest BCUT2D eigenvalue weighted by molar-refractivity contribution is 9.10. The summed E-state index contributed by atoms with van der Waals surface area (Å²) in [7, 11) is 0. The standard InChI is InChI=1S/C13H13BrFN3/c1-3-16-13-11(14)8(2)17-12(18-13)9-5-4-6-10(15)7-9/h4-7H,3H2,1-2H3,(H,16,17,18). The minimum Gasteiger partial charge on any atom is -0.369 e. The van der Waals surface area contributed by atoms with Gasteiger partial charge in [0.15, 0.2) is 5.82 Å². The first-order valence-corrected chi connectivity index (χ1v) is 6.45. The molecule has 1 aromatic heterocycles. The number of rotatable bonds is 3. The van der Waals surface area contributed by atoms with E-state index in [-0.39, 0.29) is 5.82 Å². The zero-order valence-electron chi connectivity index (χ0n) is 10.2. The van der Waals surface area contributed by atoms with Crippen LogP contribution in [0.3, 0.4) is 0 Å². The normalized spacial score (nSPS) is 10.4. The molecule has 0 radical (unpaired) electrons. The monoisotopic (exact) mass is 309 g/mol. The fourth-order valence-electron chi connectivity index (χ4n) is 1.60. The molecule has 1 heterocycles. The molecular weight excluding hydrogens is 297 g/mol. The summed E-state index contributed by atoms with van der Waals surface area (Å²) >= 11 is 3.44. The van der Waals surface area contributed by atoms with E-state index in [4.69, 9.17) is 0 Å². The van der Waals surface area contributed by atoms with Gasteiger partial charge in [0.25, 0.3) is 0 Å². The molecule has 0 unspecified atom stereocenters. The molecule has 0 fully saturated rings. The molecule has 94 valence electrons. The molecule has 2 aromatic rings. The smallest absolute Gasteiger partial charge is 0.161 e. The van der Waals surface area contributed by atoms with Gasteiger partial charge in [0.2, 0.25) is 0 Å². The van der Waals surface area contributed by atoms with Crippen molar-refractivity contribution in [2.24, 2.45) is 0 Å². The fraction of sp³-hybridized carbons (Fsp3) is 0.231. The number of hydrogen-bond donors (Lipinski definition) is 1. The van der Waals surface area contributed by atoms with Crippen LogP contribution in [0, 0.1) is 12.7 Å². The second kappa shape index (κ2) is 5.44. The van der Waals surface area contributed by atoms with Gasteiger partial charge in [-0.05, 0) is 41.9 Å². The van der Waals surface area contributed by atoms with E-state index in [9.17, 15) is 4.39 Å². The van der Waals surface area contributed by atoms with Crippen LogP contribution < -0.4 is 5.32 Å². The number of aryl methyl sites for hydroxylation is 1. The van der Waals surface area contributed by atoms with Crippen LogP contribution in [0.2, 0.25) is 0 Å². The molecule has 0 aliphatic heterocycles. The van der Waals surface area contributed by atoms with Crippen molar-refractivity contribution < 1.29 is 4.39 Å². The van der Waals surface area contributed by atoms with Crippen molar-refractivity contribution in [1.82, 2.24) is 9.97 Å². The lowest BCUT2D eigenvalue weighted by Gasteiger charge is -2.10. The summed E-state index contributed by atoms with van der Waals surface area (Å²) in [5, 5.41) is 3.15. The highest BCUT2D eigenvalue weighted by Crippen LogP contribution is 2.26. The third-order valence-electron chi connectivity index (χ3n) is 2.44. The molecule has 18 heavy (non-hydrogen) atoms. The predicted octanol–water partition coefficient (Wildman–Crippen LogP) is 3.79. The van der Waals surface area contributed by atoms with Crippen molar-refractivity contribution >= 4 is 21.7 Å². The maximum Gasteiger partial charge on any atom is 0.161 e. The first-order valence-electron chi connectivity index (χ1n) is 5.65. The van der Waals surface area contributed by atoms with E-state index >= 15 is 0 Å². The van der Waals surface area contributed by atoms with Gasteiger partial charge < -0.3 is 5.32 Å². The molecule has 0 bridgehead atoms. The molecule has 1 N–H and O–H groups in total. The van der Waals surface area contributed by atoms with E-state index in [2.05, 4.69) is 31.2 Å². The van der Waals surface area contributed by atoms with Crippen LogP contribution in [-0.2, 0) is 0 Å². The van der Waals surface area contributed by atoms with E-state index in [1.807, 2.05) is 13.8 Å². The number of aromatic nitrogens is 2. The second-order valence-corrected chi connectivity index (χ2v) is 4.63. The van der Waals surface area contributed by atoms with E-state index in [0.29, 0.717) is 11.4 Å². The Hall–Kier alpha value is -1.49. The van der Waals surface area contributed by atoms with Gasteiger partial charge in [0.05, 0.1) is 10.2 Å². The third kappa shape index (κ3) is 2.67. The summed E-state index contributed by atoms with van der Waals surface area (Å²) < 4.78 is 14.0. The van der Waals surface area contributed by atoms with Crippen LogP contribution in [0.15, 0.2) is 28.7 Å². The van der Waals surface area contributed by atoms with Gasteiger partial charge >= 0.3 is 0 Å². The maximum atomic E-state index is 13.2. The minimum absolute atomic E-state index is 0.290. The Kier molecular flexibility index (Phi) is 3.91. The molecule has 0 amide bonds. The largest absolute Gasteiger partial charge is 0.369 e. The minimum atomic E-state index is -0.290. The van der Waals surface area contributed by atoms with Crippen LogP contribution in [0.5, 0.6) is 0 Å². The number of hydrogen-bond acceptors (Lipinski definition) is 3. The van der Waals surface area contributed by atoms with Crippen molar-refractivity contribution in [3.63, 3.8) is 0 Å². The van der Waals surface area contributed by atoms with E-state index in [0.717, 1.165) is 22.5 Å². The molecule has 0 spiro atoms. The van der Waals surface area contributed by atoms with Crippen molar-refractivity contribution in [3.05, 3.63) is 40.2 Å². The molecule has 1 aromatic carbocycles. The molecule has 0 atom stereocenters. The average Bonchev–Trinajstić information content (AvgIpc) is 2.35. The van der Waals surface area contributed by atoms with Crippen molar-refractivity contribution in [3.8, 4) is 11.4 Å². The van der Waals surface area contributed by atoms with Gasteiger partial charge in [-0.25, -0.2) is 14.4 Å².